The maximum absolute atomic E-state index is 11.0. The van der Waals surface area contributed by atoms with Crippen LogP contribution in [0.3, 0.4) is 0 Å². The molecule has 5 heteroatoms. The Morgan fingerprint density at radius 1 is 1.24 bits per heavy atom. The lowest BCUT2D eigenvalue weighted by Crippen LogP contribution is -2.06. The lowest BCUT2D eigenvalue weighted by Gasteiger charge is -2.10. The highest BCUT2D eigenvalue weighted by Gasteiger charge is 2.03. The molecule has 0 atom stereocenters. The largest absolute Gasteiger partial charge is 0.497 e. The van der Waals surface area contributed by atoms with E-state index in [9.17, 15) is 4.79 Å². The molecular weight excluding hydrogens is 288 g/mol. The Morgan fingerprint density at radius 3 is 2.71 bits per heavy atom. The predicted octanol–water partition coefficient (Wildman–Crippen LogP) is 3.92. The number of carbonyl (C=O) groups excluding carboxylic acids is 1. The molecule has 2 aromatic carbocycles. The van der Waals surface area contributed by atoms with Crippen LogP contribution >= 0.6 is 11.6 Å². The number of anilines is 2. The molecule has 0 saturated carbocycles. The van der Waals surface area contributed by atoms with Crippen molar-refractivity contribution in [2.45, 2.75) is 13.5 Å². The van der Waals surface area contributed by atoms with Gasteiger partial charge in [0.15, 0.2) is 0 Å². The van der Waals surface area contributed by atoms with Gasteiger partial charge in [-0.3, -0.25) is 4.79 Å². The summed E-state index contributed by atoms with van der Waals surface area (Å²) < 4.78 is 5.19. The zero-order valence-electron chi connectivity index (χ0n) is 11.9. The number of hydrogen-bond donors (Lipinski definition) is 2. The van der Waals surface area contributed by atoms with Gasteiger partial charge in [-0.2, -0.15) is 0 Å². The van der Waals surface area contributed by atoms with Crippen LogP contribution in [0.25, 0.3) is 0 Å². The maximum Gasteiger partial charge on any atom is 0.221 e. The average molecular weight is 305 g/mol. The van der Waals surface area contributed by atoms with Gasteiger partial charge in [0.05, 0.1) is 17.8 Å². The monoisotopic (exact) mass is 304 g/mol. The van der Waals surface area contributed by atoms with Gasteiger partial charge in [0.25, 0.3) is 0 Å². The summed E-state index contributed by atoms with van der Waals surface area (Å²) in [7, 11) is 1.65. The molecular formula is C16H17ClN2O2. The molecule has 2 rings (SSSR count). The van der Waals surface area contributed by atoms with Crippen LogP contribution in [0.5, 0.6) is 5.75 Å². The van der Waals surface area contributed by atoms with Gasteiger partial charge in [0, 0.05) is 19.2 Å². The molecule has 0 aliphatic heterocycles. The molecule has 0 unspecified atom stereocenters. The minimum atomic E-state index is -0.144. The van der Waals surface area contributed by atoms with Gasteiger partial charge in [0.2, 0.25) is 5.91 Å². The molecule has 0 radical (unpaired) electrons. The average Bonchev–Trinajstić information content (AvgIpc) is 2.47. The van der Waals surface area contributed by atoms with E-state index in [1.54, 1.807) is 19.2 Å². The molecule has 4 nitrogen and oxygen atoms in total. The SMILES string of the molecule is COc1cccc(CNc2ccc(NC(C)=O)c(Cl)c2)c1. The predicted molar refractivity (Wildman–Crippen MR) is 86.1 cm³/mol. The third-order valence-electron chi connectivity index (χ3n) is 2.91. The zero-order chi connectivity index (χ0) is 15.2. The molecule has 110 valence electrons. The molecule has 21 heavy (non-hydrogen) atoms. The molecule has 2 aromatic rings. The van der Waals surface area contributed by atoms with Gasteiger partial charge >= 0.3 is 0 Å². The number of methoxy groups -OCH3 is 1. The summed E-state index contributed by atoms with van der Waals surface area (Å²) in [5.74, 6) is 0.683. The smallest absolute Gasteiger partial charge is 0.221 e. The first-order valence-electron chi connectivity index (χ1n) is 6.52. The van der Waals surface area contributed by atoms with Gasteiger partial charge < -0.3 is 15.4 Å². The molecule has 0 heterocycles. The van der Waals surface area contributed by atoms with Gasteiger partial charge in [-0.05, 0) is 35.9 Å². The number of amides is 1. The number of rotatable bonds is 5. The van der Waals surface area contributed by atoms with Crippen LogP contribution in [0.1, 0.15) is 12.5 Å². The van der Waals surface area contributed by atoms with Crippen molar-refractivity contribution >= 4 is 28.9 Å². The van der Waals surface area contributed by atoms with Crippen molar-refractivity contribution in [1.82, 2.24) is 0 Å². The Bertz CT molecular complexity index is 644. The standard InChI is InChI=1S/C16H17ClN2O2/c1-11(20)19-16-7-6-13(9-15(16)17)18-10-12-4-3-5-14(8-12)21-2/h3-9,18H,10H2,1-2H3,(H,19,20). The quantitative estimate of drug-likeness (QED) is 0.880. The topological polar surface area (TPSA) is 50.4 Å². The van der Waals surface area contributed by atoms with Crippen LogP contribution in [-0.2, 0) is 11.3 Å². The van der Waals surface area contributed by atoms with E-state index in [4.69, 9.17) is 16.3 Å². The fourth-order valence-corrected chi connectivity index (χ4v) is 2.13. The summed E-state index contributed by atoms with van der Waals surface area (Å²) in [5.41, 5.74) is 2.60. The summed E-state index contributed by atoms with van der Waals surface area (Å²) in [5, 5.41) is 6.46. The third kappa shape index (κ3) is 4.39. The number of hydrogen-bond acceptors (Lipinski definition) is 3. The number of nitrogens with one attached hydrogen (secondary N) is 2. The summed E-state index contributed by atoms with van der Waals surface area (Å²) >= 11 is 6.13. The van der Waals surface area contributed by atoms with Gasteiger partial charge in [-0.1, -0.05) is 23.7 Å². The molecule has 2 N–H and O–H groups in total. The van der Waals surface area contributed by atoms with E-state index in [1.807, 2.05) is 30.3 Å². The lowest BCUT2D eigenvalue weighted by molar-refractivity contribution is -0.114. The van der Waals surface area contributed by atoms with Crippen molar-refractivity contribution < 1.29 is 9.53 Å². The molecule has 0 aliphatic carbocycles. The first-order chi connectivity index (χ1) is 10.1. The molecule has 0 fully saturated rings. The highest BCUT2D eigenvalue weighted by molar-refractivity contribution is 6.34. The summed E-state index contributed by atoms with van der Waals surface area (Å²) in [6.07, 6.45) is 0. The van der Waals surface area contributed by atoms with Crippen molar-refractivity contribution in [3.05, 3.63) is 53.1 Å². The molecule has 0 spiro atoms. The minimum Gasteiger partial charge on any atom is -0.497 e. The fourth-order valence-electron chi connectivity index (χ4n) is 1.90. The Hall–Kier alpha value is -2.20. The molecule has 0 bridgehead atoms. The van der Waals surface area contributed by atoms with E-state index in [1.165, 1.54) is 6.92 Å². The van der Waals surface area contributed by atoms with Crippen molar-refractivity contribution in [2.75, 3.05) is 17.7 Å². The zero-order valence-corrected chi connectivity index (χ0v) is 12.7. The van der Waals surface area contributed by atoms with E-state index in [2.05, 4.69) is 10.6 Å². The van der Waals surface area contributed by atoms with Crippen molar-refractivity contribution in [2.24, 2.45) is 0 Å². The van der Waals surface area contributed by atoms with Gasteiger partial charge in [-0.25, -0.2) is 0 Å². The van der Waals surface area contributed by atoms with E-state index < -0.39 is 0 Å². The minimum absolute atomic E-state index is 0.144. The van der Waals surface area contributed by atoms with Crippen LogP contribution in [0.4, 0.5) is 11.4 Å². The Kier molecular flexibility index (Phi) is 5.06. The fraction of sp³-hybridized carbons (Fsp3) is 0.188. The van der Waals surface area contributed by atoms with Gasteiger partial charge in [0.1, 0.15) is 5.75 Å². The second-order valence-electron chi connectivity index (χ2n) is 4.58. The summed E-state index contributed by atoms with van der Waals surface area (Å²) in [6.45, 7) is 2.11. The van der Waals surface area contributed by atoms with E-state index in [-0.39, 0.29) is 5.91 Å². The van der Waals surface area contributed by atoms with E-state index in [0.29, 0.717) is 17.3 Å². The van der Waals surface area contributed by atoms with Crippen molar-refractivity contribution in [3.8, 4) is 5.75 Å². The first kappa shape index (κ1) is 15.2. The van der Waals surface area contributed by atoms with Crippen molar-refractivity contribution in [3.63, 3.8) is 0 Å². The second-order valence-corrected chi connectivity index (χ2v) is 4.99. The van der Waals surface area contributed by atoms with Crippen LogP contribution in [0, 0.1) is 0 Å². The van der Waals surface area contributed by atoms with Crippen LogP contribution in [-0.4, -0.2) is 13.0 Å². The van der Waals surface area contributed by atoms with Crippen molar-refractivity contribution in [1.29, 1.82) is 0 Å². The first-order valence-corrected chi connectivity index (χ1v) is 6.90. The maximum atomic E-state index is 11.0. The summed E-state index contributed by atoms with van der Waals surface area (Å²) in [6, 6.07) is 13.3. The Balaban J connectivity index is 2.03. The highest BCUT2D eigenvalue weighted by atomic mass is 35.5. The lowest BCUT2D eigenvalue weighted by atomic mass is 10.2. The molecule has 1 amide bonds. The number of ether oxygens (including phenoxy) is 1. The molecule has 0 aromatic heterocycles. The molecule has 0 aliphatic rings. The van der Waals surface area contributed by atoms with E-state index in [0.717, 1.165) is 17.0 Å². The highest BCUT2D eigenvalue weighted by Crippen LogP contribution is 2.26. The Morgan fingerprint density at radius 2 is 2.05 bits per heavy atom. The van der Waals surface area contributed by atoms with E-state index >= 15 is 0 Å². The third-order valence-corrected chi connectivity index (χ3v) is 3.22. The molecule has 0 saturated heterocycles. The van der Waals surface area contributed by atoms with Crippen LogP contribution in [0.15, 0.2) is 42.5 Å². The van der Waals surface area contributed by atoms with Crippen LogP contribution < -0.4 is 15.4 Å². The van der Waals surface area contributed by atoms with Crippen LogP contribution in [0.2, 0.25) is 5.02 Å². The second kappa shape index (κ2) is 6.99. The van der Waals surface area contributed by atoms with Gasteiger partial charge in [-0.15, -0.1) is 0 Å². The number of halogens is 1. The normalized spacial score (nSPS) is 10.0. The summed E-state index contributed by atoms with van der Waals surface area (Å²) in [4.78, 5) is 11.0. The number of carbonyl (C=O) groups is 1. The number of benzene rings is 2. The Labute approximate surface area is 129 Å².